The predicted molar refractivity (Wildman–Crippen MR) is 83.6 cm³/mol. The molecule has 1 atom stereocenters. The molecule has 0 bridgehead atoms. The summed E-state index contributed by atoms with van der Waals surface area (Å²) >= 11 is 0. The largest absolute Gasteiger partial charge is 0.340 e. The van der Waals surface area contributed by atoms with E-state index in [2.05, 4.69) is 0 Å². The van der Waals surface area contributed by atoms with Crippen molar-refractivity contribution in [2.75, 3.05) is 13.1 Å². The number of hydrogen-bond acceptors (Lipinski definition) is 2. The summed E-state index contributed by atoms with van der Waals surface area (Å²) in [7, 11) is 0. The van der Waals surface area contributed by atoms with Crippen LogP contribution in [0.3, 0.4) is 0 Å². The van der Waals surface area contributed by atoms with E-state index in [0.29, 0.717) is 18.5 Å². The summed E-state index contributed by atoms with van der Waals surface area (Å²) in [6, 6.07) is 8.37. The van der Waals surface area contributed by atoms with Gasteiger partial charge in [0.1, 0.15) is 6.04 Å². The molecule has 1 unspecified atom stereocenters. The van der Waals surface area contributed by atoms with Crippen LogP contribution in [0.1, 0.15) is 19.4 Å². The first-order chi connectivity index (χ1) is 11.0. The van der Waals surface area contributed by atoms with Crippen LogP contribution in [-0.2, 0) is 4.79 Å². The molecule has 1 aromatic carbocycles. The second-order valence-corrected chi connectivity index (χ2v) is 6.03. The average Bonchev–Trinajstić information content (AvgIpc) is 2.49. The summed E-state index contributed by atoms with van der Waals surface area (Å²) in [5.41, 5.74) is -0.214. The van der Waals surface area contributed by atoms with Crippen LogP contribution in [0.25, 0.3) is 10.8 Å². The summed E-state index contributed by atoms with van der Waals surface area (Å²) < 4.78 is 26.0. The number of halogens is 2. The lowest BCUT2D eigenvalue weighted by Crippen LogP contribution is -2.53. The number of alkyl halides is 2. The van der Waals surface area contributed by atoms with E-state index in [1.165, 1.54) is 4.57 Å². The summed E-state index contributed by atoms with van der Waals surface area (Å²) in [5, 5.41) is 1.39. The second-order valence-electron chi connectivity index (χ2n) is 6.03. The van der Waals surface area contributed by atoms with Crippen molar-refractivity contribution < 1.29 is 13.6 Å². The van der Waals surface area contributed by atoms with E-state index in [9.17, 15) is 18.4 Å². The van der Waals surface area contributed by atoms with Gasteiger partial charge in [0.25, 0.3) is 5.56 Å². The Hall–Kier alpha value is -2.24. The van der Waals surface area contributed by atoms with Gasteiger partial charge in [-0.2, -0.15) is 0 Å². The van der Waals surface area contributed by atoms with Crippen molar-refractivity contribution in [2.45, 2.75) is 25.8 Å². The molecule has 122 valence electrons. The lowest BCUT2D eigenvalue weighted by Gasteiger charge is -2.40. The van der Waals surface area contributed by atoms with Crippen molar-refractivity contribution >= 4 is 16.7 Å². The molecule has 0 saturated carbocycles. The molecule has 1 aliphatic rings. The second kappa shape index (κ2) is 6.10. The zero-order valence-corrected chi connectivity index (χ0v) is 12.8. The molecule has 1 fully saturated rings. The maximum absolute atomic E-state index is 12.5. The van der Waals surface area contributed by atoms with E-state index in [1.54, 1.807) is 36.2 Å². The molecule has 0 N–H and O–H groups in total. The highest BCUT2D eigenvalue weighted by Gasteiger charge is 2.35. The lowest BCUT2D eigenvalue weighted by atomic mass is 9.95. The molecule has 2 heterocycles. The molecule has 1 aliphatic heterocycles. The number of carbonyl (C=O) groups is 1. The summed E-state index contributed by atoms with van der Waals surface area (Å²) in [5.74, 6) is -0.340. The number of rotatable bonds is 4. The van der Waals surface area contributed by atoms with Gasteiger partial charge in [-0.05, 0) is 30.4 Å². The number of pyridine rings is 1. The molecule has 4 nitrogen and oxygen atoms in total. The molecule has 0 spiro atoms. The molecule has 1 amide bonds. The first-order valence-electron chi connectivity index (χ1n) is 7.64. The molecule has 0 aliphatic carbocycles. The predicted octanol–water partition coefficient (Wildman–Crippen LogP) is 2.68. The minimum atomic E-state index is -2.34. The molecule has 1 saturated heterocycles. The number of fused-ring (bicyclic) bond motifs is 1. The van der Waals surface area contributed by atoms with Gasteiger partial charge < -0.3 is 9.47 Å². The number of nitrogens with zero attached hydrogens (tertiary/aromatic N) is 2. The van der Waals surface area contributed by atoms with Gasteiger partial charge in [0.05, 0.1) is 0 Å². The van der Waals surface area contributed by atoms with E-state index < -0.39 is 12.5 Å². The van der Waals surface area contributed by atoms with Gasteiger partial charge >= 0.3 is 0 Å². The minimum absolute atomic E-state index is 0.139. The third-order valence-corrected chi connectivity index (χ3v) is 4.40. The molecule has 23 heavy (non-hydrogen) atoms. The van der Waals surface area contributed by atoms with Crippen molar-refractivity contribution in [3.63, 3.8) is 0 Å². The number of hydrogen-bond donors (Lipinski definition) is 0. The number of carbonyl (C=O) groups excluding carboxylic acids is 1. The Balaban J connectivity index is 1.76. The highest BCUT2D eigenvalue weighted by molar-refractivity contribution is 5.83. The third kappa shape index (κ3) is 2.98. The van der Waals surface area contributed by atoms with Gasteiger partial charge in [-0.25, -0.2) is 8.78 Å². The molecular formula is C17H18F2N2O2. The lowest BCUT2D eigenvalue weighted by molar-refractivity contribution is -0.141. The van der Waals surface area contributed by atoms with Crippen molar-refractivity contribution in [3.05, 3.63) is 46.9 Å². The van der Waals surface area contributed by atoms with E-state index in [0.717, 1.165) is 5.39 Å². The van der Waals surface area contributed by atoms with Gasteiger partial charge in [0.2, 0.25) is 12.3 Å². The standard InChI is InChI=1S/C17H18F2N2O2/c1-11(16(22)20-9-12(10-20)8-15(18)19)21-7-6-13-4-2-3-5-14(13)17(21)23/h2-7,11-12,15H,8-10H2,1H3. The number of benzene rings is 1. The molecule has 0 radical (unpaired) electrons. The molecular weight excluding hydrogens is 302 g/mol. The Morgan fingerprint density at radius 1 is 1.26 bits per heavy atom. The Morgan fingerprint density at radius 3 is 2.65 bits per heavy atom. The number of amides is 1. The number of aromatic nitrogens is 1. The van der Waals surface area contributed by atoms with E-state index in [-0.39, 0.29) is 23.8 Å². The minimum Gasteiger partial charge on any atom is -0.340 e. The number of likely N-dealkylation sites (tertiary alicyclic amines) is 1. The quantitative estimate of drug-likeness (QED) is 0.869. The highest BCUT2D eigenvalue weighted by atomic mass is 19.3. The maximum atomic E-state index is 12.5. The Bertz CT molecular complexity index is 782. The van der Waals surface area contributed by atoms with Crippen LogP contribution < -0.4 is 5.56 Å². The smallest absolute Gasteiger partial charge is 0.259 e. The Morgan fingerprint density at radius 2 is 1.96 bits per heavy atom. The summed E-state index contributed by atoms with van der Waals surface area (Å²) in [6.07, 6.45) is -0.893. The van der Waals surface area contributed by atoms with Crippen LogP contribution in [0.15, 0.2) is 41.3 Å². The van der Waals surface area contributed by atoms with Gasteiger partial charge in [-0.3, -0.25) is 9.59 Å². The van der Waals surface area contributed by atoms with Crippen molar-refractivity contribution in [1.29, 1.82) is 0 Å². The molecule has 1 aromatic heterocycles. The first-order valence-corrected chi connectivity index (χ1v) is 7.64. The van der Waals surface area contributed by atoms with Gasteiger partial charge in [-0.1, -0.05) is 18.2 Å². The summed E-state index contributed by atoms with van der Waals surface area (Å²) in [6.45, 7) is 2.35. The first kappa shape index (κ1) is 15.6. The van der Waals surface area contributed by atoms with Crippen molar-refractivity contribution in [2.24, 2.45) is 5.92 Å². The van der Waals surface area contributed by atoms with Gasteiger partial charge in [-0.15, -0.1) is 0 Å². The van der Waals surface area contributed by atoms with Gasteiger partial charge in [0, 0.05) is 31.1 Å². The van der Waals surface area contributed by atoms with Gasteiger partial charge in [0.15, 0.2) is 0 Å². The third-order valence-electron chi connectivity index (χ3n) is 4.40. The monoisotopic (exact) mass is 320 g/mol. The van der Waals surface area contributed by atoms with Crippen molar-refractivity contribution in [1.82, 2.24) is 9.47 Å². The molecule has 3 rings (SSSR count). The molecule has 6 heteroatoms. The fourth-order valence-corrected chi connectivity index (χ4v) is 3.04. The Labute approximate surface area is 132 Å². The van der Waals surface area contributed by atoms with Crippen LogP contribution in [0.5, 0.6) is 0 Å². The van der Waals surface area contributed by atoms with Crippen LogP contribution in [0.4, 0.5) is 8.78 Å². The fourth-order valence-electron chi connectivity index (χ4n) is 3.04. The van der Waals surface area contributed by atoms with Crippen LogP contribution >= 0.6 is 0 Å². The van der Waals surface area contributed by atoms with Crippen LogP contribution in [0, 0.1) is 5.92 Å². The highest BCUT2D eigenvalue weighted by Crippen LogP contribution is 2.25. The van der Waals surface area contributed by atoms with E-state index in [1.807, 2.05) is 12.1 Å². The van der Waals surface area contributed by atoms with Crippen molar-refractivity contribution in [3.8, 4) is 0 Å². The normalized spacial score (nSPS) is 16.6. The fraction of sp³-hybridized carbons (Fsp3) is 0.412. The Kier molecular flexibility index (Phi) is 4.15. The maximum Gasteiger partial charge on any atom is 0.259 e. The van der Waals surface area contributed by atoms with Crippen LogP contribution in [0.2, 0.25) is 0 Å². The zero-order chi connectivity index (χ0) is 16.6. The summed E-state index contributed by atoms with van der Waals surface area (Å²) in [4.78, 5) is 26.5. The SMILES string of the molecule is CC(C(=O)N1CC(CC(F)F)C1)n1ccc2ccccc2c1=O. The average molecular weight is 320 g/mol. The van der Waals surface area contributed by atoms with Crippen LogP contribution in [-0.4, -0.2) is 34.9 Å². The topological polar surface area (TPSA) is 42.3 Å². The zero-order valence-electron chi connectivity index (χ0n) is 12.8. The van der Waals surface area contributed by atoms with E-state index >= 15 is 0 Å². The van der Waals surface area contributed by atoms with E-state index in [4.69, 9.17) is 0 Å². The molecule has 2 aromatic rings.